The van der Waals surface area contributed by atoms with Crippen molar-refractivity contribution in [3.05, 3.63) is 30.1 Å². The maximum Gasteiger partial charge on any atom is 0.264 e. The summed E-state index contributed by atoms with van der Waals surface area (Å²) in [6.07, 6.45) is 1.32. The Kier molecular flexibility index (Phi) is 2.72. The zero-order valence-electron chi connectivity index (χ0n) is 8.91. The second kappa shape index (κ2) is 4.06. The molecule has 0 unspecified atom stereocenters. The lowest BCUT2D eigenvalue weighted by molar-refractivity contribution is 0.430. The fourth-order valence-electron chi connectivity index (χ4n) is 1.20. The average Bonchev–Trinajstić information content (AvgIpc) is 2.63. The molecule has 0 bridgehead atoms. The molecule has 0 radical (unpaired) electrons. The van der Waals surface area contributed by atoms with Gasteiger partial charge in [0, 0.05) is 18.3 Å². The molecule has 90 valence electrons. The predicted octanol–water partition coefficient (Wildman–Crippen LogP) is 0.761. The number of aryl methyl sites for hydroxylation is 1. The predicted molar refractivity (Wildman–Crippen MR) is 60.7 cm³/mol. The van der Waals surface area contributed by atoms with Gasteiger partial charge in [-0.05, 0) is 13.0 Å². The summed E-state index contributed by atoms with van der Waals surface area (Å²) in [6.45, 7) is 1.69. The molecule has 0 fully saturated rings. The van der Waals surface area contributed by atoms with Gasteiger partial charge >= 0.3 is 0 Å². The van der Waals surface area contributed by atoms with Crippen LogP contribution >= 0.6 is 0 Å². The molecule has 7 nitrogen and oxygen atoms in total. The van der Waals surface area contributed by atoms with Gasteiger partial charge in [-0.1, -0.05) is 5.16 Å². The van der Waals surface area contributed by atoms with Crippen LogP contribution in [0.1, 0.15) is 5.69 Å². The topological polar surface area (TPSA) is 111 Å². The van der Waals surface area contributed by atoms with E-state index in [0.29, 0.717) is 5.69 Å². The molecule has 0 aliphatic rings. The molecule has 8 heteroatoms. The van der Waals surface area contributed by atoms with E-state index < -0.39 is 10.0 Å². The smallest absolute Gasteiger partial charge is 0.264 e. The number of hydrogen-bond donors (Lipinski definition) is 2. The van der Waals surface area contributed by atoms with E-state index in [1.165, 1.54) is 24.4 Å². The van der Waals surface area contributed by atoms with Crippen molar-refractivity contribution >= 4 is 21.7 Å². The summed E-state index contributed by atoms with van der Waals surface area (Å²) >= 11 is 0. The number of anilines is 2. The fraction of sp³-hybridized carbons (Fsp3) is 0.111. The lowest BCUT2D eigenvalue weighted by Gasteiger charge is -2.04. The number of pyridine rings is 1. The van der Waals surface area contributed by atoms with Gasteiger partial charge in [-0.25, -0.2) is 18.1 Å². The number of nitrogens with two attached hydrogens (primary N) is 1. The first-order valence-corrected chi connectivity index (χ1v) is 6.13. The summed E-state index contributed by atoms with van der Waals surface area (Å²) in [5.41, 5.74) is 5.99. The largest absolute Gasteiger partial charge is 0.384 e. The van der Waals surface area contributed by atoms with Crippen molar-refractivity contribution in [2.24, 2.45) is 0 Å². The molecule has 0 amide bonds. The number of hydrogen-bond acceptors (Lipinski definition) is 6. The number of rotatable bonds is 3. The molecule has 0 saturated carbocycles. The van der Waals surface area contributed by atoms with Gasteiger partial charge in [-0.2, -0.15) is 0 Å². The molecule has 2 aromatic rings. The summed E-state index contributed by atoms with van der Waals surface area (Å²) in [5.74, 6) is 0.180. The first-order valence-electron chi connectivity index (χ1n) is 4.65. The normalized spacial score (nSPS) is 11.4. The SMILES string of the molecule is Cc1cc(NS(=O)(=O)c2ccnc(N)c2)on1. The number of nitrogens with zero attached hydrogens (tertiary/aromatic N) is 2. The number of nitrogens with one attached hydrogen (secondary N) is 1. The highest BCUT2D eigenvalue weighted by Crippen LogP contribution is 2.17. The van der Waals surface area contributed by atoms with E-state index in [1.54, 1.807) is 6.92 Å². The van der Waals surface area contributed by atoms with Crippen LogP contribution in [-0.4, -0.2) is 18.6 Å². The standard InChI is InChI=1S/C9H10N4O3S/c1-6-4-9(16-12-6)13-17(14,15)7-2-3-11-8(10)5-7/h2-5,13H,1H3,(H2,10,11). The van der Waals surface area contributed by atoms with Crippen LogP contribution in [0.4, 0.5) is 11.7 Å². The molecular weight excluding hydrogens is 244 g/mol. The van der Waals surface area contributed by atoms with Crippen LogP contribution in [0.5, 0.6) is 0 Å². The van der Waals surface area contributed by atoms with Crippen molar-refractivity contribution in [3.8, 4) is 0 Å². The minimum Gasteiger partial charge on any atom is -0.384 e. The first kappa shape index (κ1) is 11.4. The minimum atomic E-state index is -3.73. The van der Waals surface area contributed by atoms with Crippen molar-refractivity contribution in [1.29, 1.82) is 0 Å². The number of sulfonamides is 1. The van der Waals surface area contributed by atoms with Crippen LogP contribution in [0.3, 0.4) is 0 Å². The molecule has 0 saturated heterocycles. The van der Waals surface area contributed by atoms with Gasteiger partial charge < -0.3 is 10.3 Å². The molecule has 17 heavy (non-hydrogen) atoms. The molecule has 0 spiro atoms. The van der Waals surface area contributed by atoms with Gasteiger partial charge in [0.25, 0.3) is 10.0 Å². The maximum atomic E-state index is 11.9. The summed E-state index contributed by atoms with van der Waals surface area (Å²) in [5, 5.41) is 3.57. The van der Waals surface area contributed by atoms with Crippen molar-refractivity contribution in [2.75, 3.05) is 10.5 Å². The zero-order chi connectivity index (χ0) is 12.5. The van der Waals surface area contributed by atoms with Gasteiger partial charge in [-0.3, -0.25) is 0 Å². The van der Waals surface area contributed by atoms with Crippen LogP contribution in [0, 0.1) is 6.92 Å². The van der Waals surface area contributed by atoms with Gasteiger partial charge in [0.2, 0.25) is 5.88 Å². The van der Waals surface area contributed by atoms with Gasteiger partial charge in [0.1, 0.15) is 5.82 Å². The summed E-state index contributed by atoms with van der Waals surface area (Å²) in [6, 6.07) is 4.07. The van der Waals surface area contributed by atoms with E-state index in [2.05, 4.69) is 14.9 Å². The maximum absolute atomic E-state index is 11.9. The Morgan fingerprint density at radius 2 is 2.18 bits per heavy atom. The van der Waals surface area contributed by atoms with Crippen LogP contribution < -0.4 is 10.5 Å². The van der Waals surface area contributed by atoms with E-state index in [1.807, 2.05) is 0 Å². The quantitative estimate of drug-likeness (QED) is 0.836. The van der Waals surface area contributed by atoms with Crippen LogP contribution in [0.25, 0.3) is 0 Å². The number of nitrogen functional groups attached to an aromatic ring is 1. The third-order valence-corrected chi connectivity index (χ3v) is 3.27. The number of aromatic nitrogens is 2. The van der Waals surface area contributed by atoms with Crippen molar-refractivity contribution in [2.45, 2.75) is 11.8 Å². The van der Waals surface area contributed by atoms with Gasteiger partial charge in [-0.15, -0.1) is 0 Å². The Labute approximate surface area is 97.7 Å². The van der Waals surface area contributed by atoms with E-state index in [4.69, 9.17) is 10.3 Å². The van der Waals surface area contributed by atoms with Crippen LogP contribution in [-0.2, 0) is 10.0 Å². The summed E-state index contributed by atoms with van der Waals surface area (Å²) in [4.78, 5) is 3.73. The lowest BCUT2D eigenvalue weighted by Crippen LogP contribution is -2.13. The van der Waals surface area contributed by atoms with Crippen molar-refractivity contribution < 1.29 is 12.9 Å². The highest BCUT2D eigenvalue weighted by molar-refractivity contribution is 7.92. The summed E-state index contributed by atoms with van der Waals surface area (Å²) < 4.78 is 30.8. The summed E-state index contributed by atoms with van der Waals surface area (Å²) in [7, 11) is -3.73. The fourth-order valence-corrected chi connectivity index (χ4v) is 2.19. The monoisotopic (exact) mass is 254 g/mol. The Hall–Kier alpha value is -2.09. The molecule has 3 N–H and O–H groups in total. The highest BCUT2D eigenvalue weighted by Gasteiger charge is 2.16. The molecule has 0 aliphatic carbocycles. The Morgan fingerprint density at radius 1 is 1.41 bits per heavy atom. The van der Waals surface area contributed by atoms with Crippen molar-refractivity contribution in [3.63, 3.8) is 0 Å². The molecule has 2 aromatic heterocycles. The lowest BCUT2D eigenvalue weighted by atomic mass is 10.5. The molecule has 0 aromatic carbocycles. The van der Waals surface area contributed by atoms with E-state index in [-0.39, 0.29) is 16.6 Å². The molecule has 0 aliphatic heterocycles. The van der Waals surface area contributed by atoms with Gasteiger partial charge in [0.05, 0.1) is 10.6 Å². The van der Waals surface area contributed by atoms with E-state index >= 15 is 0 Å². The van der Waals surface area contributed by atoms with Gasteiger partial charge in [0.15, 0.2) is 0 Å². The van der Waals surface area contributed by atoms with E-state index in [0.717, 1.165) is 0 Å². The molecule has 2 rings (SSSR count). The van der Waals surface area contributed by atoms with Crippen molar-refractivity contribution in [1.82, 2.24) is 10.1 Å². The Balaban J connectivity index is 2.31. The molecule has 2 heterocycles. The molecular formula is C9H10N4O3S. The first-order chi connectivity index (χ1) is 7.97. The van der Waals surface area contributed by atoms with E-state index in [9.17, 15) is 8.42 Å². The Morgan fingerprint density at radius 3 is 2.76 bits per heavy atom. The third kappa shape index (κ3) is 2.53. The third-order valence-electron chi connectivity index (χ3n) is 1.93. The highest BCUT2D eigenvalue weighted by atomic mass is 32.2. The zero-order valence-corrected chi connectivity index (χ0v) is 9.73. The molecule has 0 atom stereocenters. The average molecular weight is 254 g/mol. The second-order valence-electron chi connectivity index (χ2n) is 3.35. The van der Waals surface area contributed by atoms with Crippen LogP contribution in [0.15, 0.2) is 33.8 Å². The van der Waals surface area contributed by atoms with Crippen LogP contribution in [0.2, 0.25) is 0 Å². The Bertz CT molecular complexity index is 635. The minimum absolute atomic E-state index is 0.0130. The second-order valence-corrected chi connectivity index (χ2v) is 5.04.